The topological polar surface area (TPSA) is 197 Å². The highest BCUT2D eigenvalue weighted by Crippen LogP contribution is 2.73. The predicted octanol–water partition coefficient (Wildman–Crippen LogP) is -1.03. The zero-order chi connectivity index (χ0) is 27.1. The summed E-state index contributed by atoms with van der Waals surface area (Å²) < 4.78 is 11.8. The minimum Gasteiger partial charge on any atom is -0.481 e. The summed E-state index contributed by atoms with van der Waals surface area (Å²) in [6, 6.07) is 0. The number of carboxylic acids is 1. The van der Waals surface area contributed by atoms with Crippen molar-refractivity contribution in [2.75, 3.05) is 13.2 Å². The molecule has 11 nitrogen and oxygen atoms in total. The van der Waals surface area contributed by atoms with Crippen molar-refractivity contribution < 1.29 is 55.1 Å². The summed E-state index contributed by atoms with van der Waals surface area (Å²) >= 11 is 0. The molecule has 4 aliphatic carbocycles. The molecule has 1 saturated heterocycles. The van der Waals surface area contributed by atoms with Gasteiger partial charge in [0.1, 0.15) is 24.4 Å². The highest BCUT2D eigenvalue weighted by atomic mass is 16.7. The van der Waals surface area contributed by atoms with Gasteiger partial charge < -0.3 is 50.3 Å². The summed E-state index contributed by atoms with van der Waals surface area (Å²) in [4.78, 5) is 12.4. The number of rotatable bonds is 5. The van der Waals surface area contributed by atoms with Crippen LogP contribution in [0.15, 0.2) is 0 Å². The molecule has 11 heteroatoms. The van der Waals surface area contributed by atoms with Gasteiger partial charge in [0.25, 0.3) is 0 Å². The number of fused-ring (bicyclic) bond motifs is 3. The van der Waals surface area contributed by atoms with Gasteiger partial charge in [-0.3, -0.25) is 4.79 Å². The lowest BCUT2D eigenvalue weighted by Gasteiger charge is -2.66. The number of aliphatic carboxylic acids is 1. The molecule has 1 aliphatic heterocycles. The lowest BCUT2D eigenvalue weighted by molar-refractivity contribution is -0.335. The molecule has 0 amide bonds. The number of ether oxygens (including phenoxy) is 2. The second kappa shape index (κ2) is 9.07. The molecule has 37 heavy (non-hydrogen) atoms. The van der Waals surface area contributed by atoms with E-state index in [1.807, 2.05) is 6.92 Å². The van der Waals surface area contributed by atoms with Crippen LogP contribution < -0.4 is 0 Å². The van der Waals surface area contributed by atoms with Crippen LogP contribution in [0.1, 0.15) is 58.8 Å². The van der Waals surface area contributed by atoms with Crippen molar-refractivity contribution in [1.82, 2.24) is 0 Å². The second-order valence-corrected chi connectivity index (χ2v) is 13.0. The maximum absolute atomic E-state index is 12.4. The van der Waals surface area contributed by atoms with Crippen LogP contribution in [0.3, 0.4) is 0 Å². The molecular weight excluding hydrogens is 488 g/mol. The maximum Gasteiger partial charge on any atom is 0.309 e. The summed E-state index contributed by atoms with van der Waals surface area (Å²) in [7, 11) is 0. The fourth-order valence-electron chi connectivity index (χ4n) is 9.67. The zero-order valence-electron chi connectivity index (χ0n) is 21.4. The quantitative estimate of drug-likeness (QED) is 0.216. The lowest BCUT2D eigenvalue weighted by atomic mass is 9.39. The van der Waals surface area contributed by atoms with Crippen LogP contribution in [0.25, 0.3) is 0 Å². The van der Waals surface area contributed by atoms with E-state index in [4.69, 9.17) is 9.47 Å². The van der Waals surface area contributed by atoms with Crippen molar-refractivity contribution in [3.8, 4) is 0 Å². The van der Waals surface area contributed by atoms with Crippen molar-refractivity contribution in [2.24, 2.45) is 34.0 Å². The SMILES string of the molecule is C[C@]12CCC[C@](C)(C(=O)O)[C@@H]1[C@@H](O)[C@@H](O)[C@]13C[C@H](CC[C@@H]21)[C@@](CO)(O[C@@H]1O[C@H](CO)[C@@H](O)[C@H](O)[C@H]1O)C3. The molecule has 5 rings (SSSR count). The van der Waals surface area contributed by atoms with Gasteiger partial charge in [-0.2, -0.15) is 0 Å². The third-order valence-electron chi connectivity index (χ3n) is 11.3. The van der Waals surface area contributed by atoms with Crippen molar-refractivity contribution in [1.29, 1.82) is 0 Å². The molecule has 0 aromatic rings. The van der Waals surface area contributed by atoms with Gasteiger partial charge in [0, 0.05) is 11.3 Å². The van der Waals surface area contributed by atoms with E-state index in [0.717, 1.165) is 6.42 Å². The summed E-state index contributed by atoms with van der Waals surface area (Å²) in [6.45, 7) is 2.64. The largest absolute Gasteiger partial charge is 0.481 e. The third kappa shape index (κ3) is 3.62. The van der Waals surface area contributed by atoms with E-state index in [0.29, 0.717) is 32.1 Å². The van der Waals surface area contributed by atoms with E-state index < -0.39 is 89.9 Å². The van der Waals surface area contributed by atoms with Gasteiger partial charge >= 0.3 is 5.97 Å². The Morgan fingerprint density at radius 3 is 2.30 bits per heavy atom. The average molecular weight is 531 g/mol. The first-order valence-corrected chi connectivity index (χ1v) is 13.5. The maximum atomic E-state index is 12.4. The molecule has 5 aliphatic rings. The highest BCUT2D eigenvalue weighted by molar-refractivity contribution is 5.75. The van der Waals surface area contributed by atoms with Gasteiger partial charge in [0.05, 0.1) is 36.4 Å². The van der Waals surface area contributed by atoms with Crippen LogP contribution in [-0.2, 0) is 14.3 Å². The predicted molar refractivity (Wildman–Crippen MR) is 126 cm³/mol. The molecule has 212 valence electrons. The molecule has 0 radical (unpaired) electrons. The molecule has 0 aromatic carbocycles. The molecule has 14 atom stereocenters. The smallest absolute Gasteiger partial charge is 0.309 e. The van der Waals surface area contributed by atoms with Gasteiger partial charge in [-0.25, -0.2) is 0 Å². The van der Waals surface area contributed by atoms with Crippen LogP contribution in [0.5, 0.6) is 0 Å². The molecule has 1 heterocycles. The summed E-state index contributed by atoms with van der Waals surface area (Å²) in [6.07, 6.45) is -6.18. The van der Waals surface area contributed by atoms with E-state index in [1.54, 1.807) is 6.92 Å². The fourth-order valence-corrected chi connectivity index (χ4v) is 9.67. The van der Waals surface area contributed by atoms with E-state index in [-0.39, 0.29) is 18.3 Å². The molecule has 0 aromatic heterocycles. The first-order valence-electron chi connectivity index (χ1n) is 13.5. The minimum atomic E-state index is -1.63. The molecule has 1 spiro atoms. The van der Waals surface area contributed by atoms with Crippen molar-refractivity contribution in [3.05, 3.63) is 0 Å². The monoisotopic (exact) mass is 530 g/mol. The number of aliphatic hydroxyl groups excluding tert-OH is 7. The van der Waals surface area contributed by atoms with Crippen LogP contribution >= 0.6 is 0 Å². The average Bonchev–Trinajstić information content (AvgIpc) is 3.10. The van der Waals surface area contributed by atoms with E-state index in [2.05, 4.69) is 0 Å². The van der Waals surface area contributed by atoms with Crippen LogP contribution in [-0.4, -0.2) is 109 Å². The molecule has 0 unspecified atom stereocenters. The Bertz CT molecular complexity index is 900. The van der Waals surface area contributed by atoms with Gasteiger partial charge in [0.15, 0.2) is 6.29 Å². The van der Waals surface area contributed by atoms with Crippen molar-refractivity contribution in [2.45, 2.75) is 107 Å². The number of hydrogen-bond acceptors (Lipinski definition) is 10. The Morgan fingerprint density at radius 2 is 1.68 bits per heavy atom. The number of hydrogen-bond donors (Lipinski definition) is 8. The molecular formula is C26H42O11. The van der Waals surface area contributed by atoms with Gasteiger partial charge in [-0.05, 0) is 62.7 Å². The molecule has 4 saturated carbocycles. The number of carboxylic acid groups (broad SMARTS) is 1. The number of carbonyl (C=O) groups is 1. The van der Waals surface area contributed by atoms with Gasteiger partial charge in [-0.1, -0.05) is 13.3 Å². The third-order valence-corrected chi connectivity index (χ3v) is 11.3. The Morgan fingerprint density at radius 1 is 0.973 bits per heavy atom. The second-order valence-electron chi connectivity index (χ2n) is 13.0. The van der Waals surface area contributed by atoms with Crippen molar-refractivity contribution >= 4 is 5.97 Å². The van der Waals surface area contributed by atoms with E-state index in [9.17, 15) is 45.6 Å². The van der Waals surface area contributed by atoms with Gasteiger partial charge in [-0.15, -0.1) is 0 Å². The normalized spacial score (nSPS) is 57.4. The molecule has 2 bridgehead atoms. The van der Waals surface area contributed by atoms with E-state index in [1.165, 1.54) is 0 Å². The summed E-state index contributed by atoms with van der Waals surface area (Å²) in [5.74, 6) is -1.98. The van der Waals surface area contributed by atoms with Crippen LogP contribution in [0, 0.1) is 34.0 Å². The first-order chi connectivity index (χ1) is 17.3. The standard InChI is InChI=1S/C26H42O11/c1-23-6-3-7-24(2,22(34)35)19(23)18(32)20(33)25-8-12(4-5-14(23)25)26(10-25,11-28)37-21-17(31)16(30)15(29)13(9-27)36-21/h12-21,27-33H,3-11H2,1-2H3,(H,34,35)/t12-,13+,14-,15+,16-,17+,18+,19+,20+,21-,23+,24-,25-,26+/m0/s1. The fraction of sp³-hybridized carbons (Fsp3) is 0.962. The summed E-state index contributed by atoms with van der Waals surface area (Å²) in [5.41, 5.74) is -3.84. The lowest BCUT2D eigenvalue weighted by Crippen LogP contribution is -2.69. The Kier molecular flexibility index (Phi) is 6.78. The highest BCUT2D eigenvalue weighted by Gasteiger charge is 2.74. The Labute approximate surface area is 216 Å². The Hall–Kier alpha value is -0.890. The van der Waals surface area contributed by atoms with Crippen molar-refractivity contribution in [3.63, 3.8) is 0 Å². The summed E-state index contributed by atoms with van der Waals surface area (Å²) in [5, 5.41) is 84.6. The van der Waals surface area contributed by atoms with E-state index >= 15 is 0 Å². The Balaban J connectivity index is 1.50. The van der Waals surface area contributed by atoms with Gasteiger partial charge in [0.2, 0.25) is 0 Å². The van der Waals surface area contributed by atoms with Crippen LogP contribution in [0.4, 0.5) is 0 Å². The minimum absolute atomic E-state index is 0.120. The zero-order valence-corrected chi connectivity index (χ0v) is 21.4. The van der Waals surface area contributed by atoms with Crippen LogP contribution in [0.2, 0.25) is 0 Å². The molecule has 8 N–H and O–H groups in total. The first kappa shape index (κ1) is 27.7. The molecule has 5 fully saturated rings. The number of aliphatic hydroxyl groups is 7.